The van der Waals surface area contributed by atoms with E-state index in [1.54, 1.807) is 42.5 Å². The van der Waals surface area contributed by atoms with Gasteiger partial charge in [0.25, 0.3) is 0 Å². The van der Waals surface area contributed by atoms with Crippen molar-refractivity contribution in [2.75, 3.05) is 0 Å². The number of carbonyl (C=O) groups excluding carboxylic acids is 4. The maximum Gasteiger partial charge on any atom is 0.347 e. The number of carbonyl (C=O) groups is 4. The van der Waals surface area contributed by atoms with E-state index in [0.29, 0.717) is 5.56 Å². The molecule has 0 aliphatic rings. The van der Waals surface area contributed by atoms with Gasteiger partial charge in [0.15, 0.2) is 0 Å². The molecule has 0 N–H and O–H groups in total. The van der Waals surface area contributed by atoms with E-state index in [1.807, 2.05) is 0 Å². The lowest BCUT2D eigenvalue weighted by Gasteiger charge is -2.11. The summed E-state index contributed by atoms with van der Waals surface area (Å²) in [5.74, 6) is -2.10. The molecule has 8 heteroatoms. The van der Waals surface area contributed by atoms with Crippen molar-refractivity contribution in [1.82, 2.24) is 0 Å². The number of benzene rings is 3. The molecule has 0 unspecified atom stereocenters. The van der Waals surface area contributed by atoms with Gasteiger partial charge in [-0.25, -0.2) is 9.59 Å². The van der Waals surface area contributed by atoms with Gasteiger partial charge >= 0.3 is 23.9 Å². The van der Waals surface area contributed by atoms with Crippen molar-refractivity contribution in [2.24, 2.45) is 0 Å². The normalized spacial score (nSPS) is 10.1. The quantitative estimate of drug-likeness (QED) is 0.393. The van der Waals surface area contributed by atoms with E-state index >= 15 is 0 Å². The number of ether oxygens (including phenoxy) is 4. The van der Waals surface area contributed by atoms with E-state index in [2.05, 4.69) is 0 Å². The second kappa shape index (κ2) is 10.7. The summed E-state index contributed by atoms with van der Waals surface area (Å²) in [5.41, 5.74) is 0.760. The summed E-state index contributed by atoms with van der Waals surface area (Å²) in [6.45, 7) is 2.36. The maximum absolute atomic E-state index is 12.6. The smallest absolute Gasteiger partial charge is 0.347 e. The molecule has 8 nitrogen and oxygen atoms in total. The Bertz CT molecular complexity index is 1200. The second-order valence-corrected chi connectivity index (χ2v) is 6.79. The van der Waals surface area contributed by atoms with E-state index in [-0.39, 0.29) is 35.0 Å². The standard InChI is InChI=1S/C25H20O8/c1-16(26)31-22-12-5-3-10-20(22)24(28)30-15-18-8-7-9-19(14-18)33-25(29)21-11-4-6-13-23(21)32-17(2)27/h3-14H,15H2,1-2H3. The van der Waals surface area contributed by atoms with Crippen LogP contribution in [-0.4, -0.2) is 23.9 Å². The van der Waals surface area contributed by atoms with Crippen LogP contribution in [0, 0.1) is 0 Å². The zero-order valence-electron chi connectivity index (χ0n) is 17.9. The molecule has 3 rings (SSSR count). The van der Waals surface area contributed by atoms with Crippen LogP contribution in [0.1, 0.15) is 40.1 Å². The fraction of sp³-hybridized carbons (Fsp3) is 0.120. The third kappa shape index (κ3) is 6.51. The van der Waals surface area contributed by atoms with Crippen LogP contribution < -0.4 is 14.2 Å². The summed E-state index contributed by atoms with van der Waals surface area (Å²) in [6.07, 6.45) is 0. The van der Waals surface area contributed by atoms with Gasteiger partial charge in [0.1, 0.15) is 35.0 Å². The predicted molar refractivity (Wildman–Crippen MR) is 116 cm³/mol. The molecular formula is C25H20O8. The van der Waals surface area contributed by atoms with Crippen molar-refractivity contribution >= 4 is 23.9 Å². The van der Waals surface area contributed by atoms with Crippen LogP contribution in [0.5, 0.6) is 17.2 Å². The molecule has 168 valence electrons. The molecule has 0 amide bonds. The Labute approximate surface area is 189 Å². The van der Waals surface area contributed by atoms with Gasteiger partial charge in [-0.15, -0.1) is 0 Å². The highest BCUT2D eigenvalue weighted by molar-refractivity contribution is 5.95. The molecule has 0 spiro atoms. The average Bonchev–Trinajstić information content (AvgIpc) is 2.77. The van der Waals surface area contributed by atoms with E-state index in [0.717, 1.165) is 0 Å². The first-order valence-electron chi connectivity index (χ1n) is 9.86. The minimum atomic E-state index is -0.712. The Hall–Kier alpha value is -4.46. The Morgan fingerprint density at radius 1 is 0.636 bits per heavy atom. The van der Waals surface area contributed by atoms with E-state index in [9.17, 15) is 19.2 Å². The molecule has 0 radical (unpaired) electrons. The lowest BCUT2D eigenvalue weighted by atomic mass is 10.2. The van der Waals surface area contributed by atoms with Crippen LogP contribution in [0.4, 0.5) is 0 Å². The number of esters is 4. The number of rotatable bonds is 7. The zero-order chi connectivity index (χ0) is 23.8. The van der Waals surface area contributed by atoms with E-state index in [4.69, 9.17) is 18.9 Å². The average molecular weight is 448 g/mol. The molecule has 0 aromatic heterocycles. The molecular weight excluding hydrogens is 428 g/mol. The molecule has 0 atom stereocenters. The third-order valence-corrected chi connectivity index (χ3v) is 4.20. The van der Waals surface area contributed by atoms with Crippen molar-refractivity contribution in [1.29, 1.82) is 0 Å². The molecule has 33 heavy (non-hydrogen) atoms. The Morgan fingerprint density at radius 3 is 1.76 bits per heavy atom. The minimum absolute atomic E-state index is 0.0894. The number of hydrogen-bond acceptors (Lipinski definition) is 8. The summed E-state index contributed by atoms with van der Waals surface area (Å²) in [5, 5.41) is 0. The van der Waals surface area contributed by atoms with Crippen LogP contribution in [0.3, 0.4) is 0 Å². The van der Waals surface area contributed by atoms with Gasteiger partial charge in [-0.05, 0) is 42.0 Å². The topological polar surface area (TPSA) is 105 Å². The Morgan fingerprint density at radius 2 is 1.18 bits per heavy atom. The summed E-state index contributed by atoms with van der Waals surface area (Å²) in [7, 11) is 0. The van der Waals surface area contributed by atoms with Crippen molar-refractivity contribution in [3.05, 3.63) is 89.5 Å². The summed E-state index contributed by atoms with van der Waals surface area (Å²) >= 11 is 0. The van der Waals surface area contributed by atoms with E-state index in [1.165, 1.54) is 44.2 Å². The van der Waals surface area contributed by atoms with Gasteiger partial charge in [-0.2, -0.15) is 0 Å². The van der Waals surface area contributed by atoms with Crippen molar-refractivity contribution < 1.29 is 38.1 Å². The zero-order valence-corrected chi connectivity index (χ0v) is 17.9. The van der Waals surface area contributed by atoms with Gasteiger partial charge < -0.3 is 18.9 Å². The van der Waals surface area contributed by atoms with Crippen molar-refractivity contribution in [3.8, 4) is 17.2 Å². The van der Waals surface area contributed by atoms with Crippen molar-refractivity contribution in [2.45, 2.75) is 20.5 Å². The maximum atomic E-state index is 12.6. The first kappa shape index (κ1) is 23.2. The lowest BCUT2D eigenvalue weighted by Crippen LogP contribution is -2.13. The lowest BCUT2D eigenvalue weighted by molar-refractivity contribution is -0.132. The fourth-order valence-corrected chi connectivity index (χ4v) is 2.85. The molecule has 0 heterocycles. The van der Waals surface area contributed by atoms with E-state index < -0.39 is 23.9 Å². The van der Waals surface area contributed by atoms with Crippen LogP contribution in [-0.2, 0) is 20.9 Å². The molecule has 0 aliphatic carbocycles. The molecule has 3 aromatic rings. The van der Waals surface area contributed by atoms with Crippen LogP contribution >= 0.6 is 0 Å². The summed E-state index contributed by atoms with van der Waals surface area (Å²) < 4.78 is 20.8. The first-order chi connectivity index (χ1) is 15.8. The van der Waals surface area contributed by atoms with Crippen LogP contribution in [0.25, 0.3) is 0 Å². The van der Waals surface area contributed by atoms with Crippen molar-refractivity contribution in [3.63, 3.8) is 0 Å². The SMILES string of the molecule is CC(=O)Oc1ccccc1C(=O)OCc1cccc(OC(=O)c2ccccc2OC(C)=O)c1. The fourth-order valence-electron chi connectivity index (χ4n) is 2.85. The predicted octanol–water partition coefficient (Wildman–Crippen LogP) is 4.11. The van der Waals surface area contributed by atoms with Crippen LogP contribution in [0.2, 0.25) is 0 Å². The number of hydrogen-bond donors (Lipinski definition) is 0. The van der Waals surface area contributed by atoms with Gasteiger partial charge in [-0.1, -0.05) is 36.4 Å². The molecule has 3 aromatic carbocycles. The highest BCUT2D eigenvalue weighted by Gasteiger charge is 2.17. The van der Waals surface area contributed by atoms with Gasteiger partial charge in [0.05, 0.1) is 0 Å². The highest BCUT2D eigenvalue weighted by atomic mass is 16.6. The summed E-state index contributed by atoms with van der Waals surface area (Å²) in [4.78, 5) is 47.5. The molecule has 0 fully saturated rings. The first-order valence-corrected chi connectivity index (χ1v) is 9.86. The van der Waals surface area contributed by atoms with Gasteiger partial charge in [0, 0.05) is 13.8 Å². The second-order valence-electron chi connectivity index (χ2n) is 6.79. The van der Waals surface area contributed by atoms with Crippen LogP contribution in [0.15, 0.2) is 72.8 Å². The Kier molecular flexibility index (Phi) is 7.54. The van der Waals surface area contributed by atoms with Gasteiger partial charge in [-0.3, -0.25) is 9.59 Å². The third-order valence-electron chi connectivity index (χ3n) is 4.20. The summed E-state index contributed by atoms with van der Waals surface area (Å²) in [6, 6.07) is 18.9. The molecule has 0 aliphatic heterocycles. The molecule has 0 bridgehead atoms. The highest BCUT2D eigenvalue weighted by Crippen LogP contribution is 2.23. The largest absolute Gasteiger partial charge is 0.457 e. The van der Waals surface area contributed by atoms with Gasteiger partial charge in [0.2, 0.25) is 0 Å². The monoisotopic (exact) mass is 448 g/mol. The number of para-hydroxylation sites is 2. The molecule has 0 saturated carbocycles. The minimum Gasteiger partial charge on any atom is -0.457 e. The Balaban J connectivity index is 1.68. The molecule has 0 saturated heterocycles.